The van der Waals surface area contributed by atoms with E-state index in [-0.39, 0.29) is 16.3 Å². The molecule has 0 bridgehead atoms. The van der Waals surface area contributed by atoms with Gasteiger partial charge in [-0.1, -0.05) is 11.6 Å². The molecule has 0 aliphatic carbocycles. The molecule has 0 fully saturated rings. The highest BCUT2D eigenvalue weighted by Crippen LogP contribution is 2.38. The molecule has 2 aromatic heterocycles. The molecule has 0 saturated carbocycles. The smallest absolute Gasteiger partial charge is 0.397 e. The van der Waals surface area contributed by atoms with Crippen molar-refractivity contribution in [1.29, 1.82) is 0 Å². The van der Waals surface area contributed by atoms with Crippen molar-refractivity contribution in [3.8, 4) is 11.3 Å². The third-order valence-corrected chi connectivity index (χ3v) is 3.28. The Morgan fingerprint density at radius 3 is 2.57 bits per heavy atom. The van der Waals surface area contributed by atoms with Gasteiger partial charge in [-0.05, 0) is 36.4 Å². The summed E-state index contributed by atoms with van der Waals surface area (Å²) in [5, 5.41) is 4.35. The molecule has 0 aliphatic rings. The summed E-state index contributed by atoms with van der Waals surface area (Å²) in [6, 6.07) is 8.32. The van der Waals surface area contributed by atoms with Gasteiger partial charge in [0.15, 0.2) is 0 Å². The van der Waals surface area contributed by atoms with Gasteiger partial charge < -0.3 is 5.73 Å². The van der Waals surface area contributed by atoms with E-state index in [2.05, 4.69) is 5.10 Å². The van der Waals surface area contributed by atoms with Crippen molar-refractivity contribution in [3.05, 3.63) is 53.2 Å². The third-order valence-electron chi connectivity index (χ3n) is 3.05. The number of halogens is 4. The van der Waals surface area contributed by atoms with Crippen molar-refractivity contribution < 1.29 is 13.2 Å². The number of hydrogen-bond donors (Lipinski definition) is 1. The fourth-order valence-corrected chi connectivity index (χ4v) is 2.28. The molecular formula is C14H9ClF3N3. The van der Waals surface area contributed by atoms with Crippen LogP contribution >= 0.6 is 11.6 Å². The molecule has 0 radical (unpaired) electrons. The number of rotatable bonds is 1. The second-order valence-corrected chi connectivity index (χ2v) is 4.99. The molecule has 0 unspecified atom stereocenters. The Bertz CT molecular complexity index is 824. The summed E-state index contributed by atoms with van der Waals surface area (Å²) < 4.78 is 40.7. The number of benzene rings is 1. The molecule has 0 atom stereocenters. The Hall–Kier alpha value is -2.21. The van der Waals surface area contributed by atoms with E-state index in [4.69, 9.17) is 17.3 Å². The maximum atomic E-state index is 13.1. The summed E-state index contributed by atoms with van der Waals surface area (Å²) in [6.07, 6.45) is -2.94. The van der Waals surface area contributed by atoms with E-state index in [9.17, 15) is 13.2 Å². The fourth-order valence-electron chi connectivity index (χ4n) is 2.11. The number of nitrogens with two attached hydrogens (primary N) is 1. The minimum Gasteiger partial charge on any atom is -0.397 e. The van der Waals surface area contributed by atoms with Gasteiger partial charge in [0.25, 0.3) is 0 Å². The zero-order valence-electron chi connectivity index (χ0n) is 10.5. The van der Waals surface area contributed by atoms with Gasteiger partial charge in [0.1, 0.15) is 0 Å². The van der Waals surface area contributed by atoms with E-state index in [1.165, 1.54) is 22.8 Å². The molecule has 1 aromatic carbocycles. The summed E-state index contributed by atoms with van der Waals surface area (Å²) in [5.74, 6) is 0. The summed E-state index contributed by atoms with van der Waals surface area (Å²) in [7, 11) is 0. The van der Waals surface area contributed by atoms with Crippen molar-refractivity contribution in [2.45, 2.75) is 6.18 Å². The molecule has 3 rings (SSSR count). The van der Waals surface area contributed by atoms with E-state index < -0.39 is 11.7 Å². The average molecular weight is 312 g/mol. The number of aromatic nitrogens is 2. The van der Waals surface area contributed by atoms with Gasteiger partial charge in [-0.15, -0.1) is 0 Å². The molecule has 0 saturated heterocycles. The second-order valence-electron chi connectivity index (χ2n) is 4.55. The highest BCUT2D eigenvalue weighted by molar-refractivity contribution is 6.30. The highest BCUT2D eigenvalue weighted by atomic mass is 35.5. The Balaban J connectivity index is 2.24. The molecule has 0 aliphatic heterocycles. The topological polar surface area (TPSA) is 43.3 Å². The van der Waals surface area contributed by atoms with Crippen LogP contribution < -0.4 is 5.73 Å². The molecule has 3 nitrogen and oxygen atoms in total. The highest BCUT2D eigenvalue weighted by Gasteiger charge is 2.34. The molecule has 108 valence electrons. The van der Waals surface area contributed by atoms with E-state index in [1.54, 1.807) is 18.2 Å². The largest absolute Gasteiger partial charge is 0.417 e. The zero-order chi connectivity index (χ0) is 15.2. The Morgan fingerprint density at radius 2 is 1.86 bits per heavy atom. The van der Waals surface area contributed by atoms with Gasteiger partial charge in [-0.3, -0.25) is 0 Å². The van der Waals surface area contributed by atoms with Gasteiger partial charge in [-0.2, -0.15) is 18.3 Å². The Kier molecular flexibility index (Phi) is 3.06. The quantitative estimate of drug-likeness (QED) is 0.730. The van der Waals surface area contributed by atoms with Crippen molar-refractivity contribution in [2.75, 3.05) is 5.73 Å². The van der Waals surface area contributed by atoms with Crippen LogP contribution in [0.15, 0.2) is 42.6 Å². The average Bonchev–Trinajstić information content (AvgIpc) is 2.80. The molecule has 2 N–H and O–H groups in total. The molecule has 7 heteroatoms. The van der Waals surface area contributed by atoms with Crippen LogP contribution in [-0.2, 0) is 6.18 Å². The molecule has 2 heterocycles. The molecule has 0 spiro atoms. The minimum atomic E-state index is -4.48. The number of pyridine rings is 1. The van der Waals surface area contributed by atoms with Crippen LogP contribution in [0, 0.1) is 0 Å². The SMILES string of the molecule is Nc1ccc2cc(-c3cc(Cl)ccc3C(F)(F)F)nn2c1. The number of anilines is 1. The van der Waals surface area contributed by atoms with Gasteiger partial charge >= 0.3 is 6.18 Å². The van der Waals surface area contributed by atoms with E-state index >= 15 is 0 Å². The number of fused-ring (bicyclic) bond motifs is 1. The maximum absolute atomic E-state index is 13.1. The Morgan fingerprint density at radius 1 is 1.10 bits per heavy atom. The molecular weight excluding hydrogens is 303 g/mol. The van der Waals surface area contributed by atoms with Crippen LogP contribution in [-0.4, -0.2) is 9.61 Å². The minimum absolute atomic E-state index is 0.0581. The lowest BCUT2D eigenvalue weighted by Crippen LogP contribution is -2.07. The first kappa shape index (κ1) is 13.8. The number of alkyl halides is 3. The first-order valence-corrected chi connectivity index (χ1v) is 6.34. The van der Waals surface area contributed by atoms with E-state index in [0.717, 1.165) is 6.07 Å². The Labute approximate surface area is 122 Å². The fraction of sp³-hybridized carbons (Fsp3) is 0.0714. The lowest BCUT2D eigenvalue weighted by Gasteiger charge is -2.11. The van der Waals surface area contributed by atoms with Gasteiger partial charge in [0, 0.05) is 10.6 Å². The summed E-state index contributed by atoms with van der Waals surface area (Å²) in [6.45, 7) is 0. The van der Waals surface area contributed by atoms with Crippen molar-refractivity contribution in [1.82, 2.24) is 9.61 Å². The maximum Gasteiger partial charge on any atom is 0.417 e. The predicted octanol–water partition coefficient (Wildman–Crippen LogP) is 4.26. The first-order valence-electron chi connectivity index (χ1n) is 5.96. The summed E-state index contributed by atoms with van der Waals surface area (Å²) in [4.78, 5) is 0. The summed E-state index contributed by atoms with van der Waals surface area (Å²) >= 11 is 5.82. The number of nitrogens with zero attached hydrogens (tertiary/aromatic N) is 2. The number of hydrogen-bond acceptors (Lipinski definition) is 2. The zero-order valence-corrected chi connectivity index (χ0v) is 11.3. The van der Waals surface area contributed by atoms with Crippen LogP contribution in [0.3, 0.4) is 0 Å². The van der Waals surface area contributed by atoms with Gasteiger partial charge in [-0.25, -0.2) is 4.52 Å². The lowest BCUT2D eigenvalue weighted by molar-refractivity contribution is -0.137. The van der Waals surface area contributed by atoms with Gasteiger partial charge in [0.05, 0.1) is 28.7 Å². The van der Waals surface area contributed by atoms with Crippen LogP contribution in [0.5, 0.6) is 0 Å². The van der Waals surface area contributed by atoms with Crippen molar-refractivity contribution >= 4 is 22.8 Å². The monoisotopic (exact) mass is 311 g/mol. The van der Waals surface area contributed by atoms with E-state index in [1.807, 2.05) is 0 Å². The third kappa shape index (κ3) is 2.54. The van der Waals surface area contributed by atoms with Crippen molar-refractivity contribution in [2.24, 2.45) is 0 Å². The van der Waals surface area contributed by atoms with Crippen LogP contribution in [0.1, 0.15) is 5.56 Å². The van der Waals surface area contributed by atoms with E-state index in [0.29, 0.717) is 11.2 Å². The second kappa shape index (κ2) is 4.66. The normalized spacial score (nSPS) is 12.0. The summed E-state index contributed by atoms with van der Waals surface area (Å²) in [5.41, 5.74) is 6.11. The molecule has 21 heavy (non-hydrogen) atoms. The predicted molar refractivity (Wildman–Crippen MR) is 75.1 cm³/mol. The lowest BCUT2D eigenvalue weighted by atomic mass is 10.0. The number of nitrogen functional groups attached to an aromatic ring is 1. The van der Waals surface area contributed by atoms with Crippen LogP contribution in [0.25, 0.3) is 16.8 Å². The van der Waals surface area contributed by atoms with Gasteiger partial charge in [0.2, 0.25) is 0 Å². The molecule has 3 aromatic rings. The standard InChI is InChI=1S/C14H9ClF3N3/c15-8-1-4-12(14(16,17)18)11(5-8)13-6-10-3-2-9(19)7-21(10)20-13/h1-7H,19H2. The first-order chi connectivity index (χ1) is 9.84. The molecule has 0 amide bonds. The van der Waals surface area contributed by atoms with Crippen LogP contribution in [0.4, 0.5) is 18.9 Å². The van der Waals surface area contributed by atoms with Crippen LogP contribution in [0.2, 0.25) is 5.02 Å². The van der Waals surface area contributed by atoms with Crippen molar-refractivity contribution in [3.63, 3.8) is 0 Å².